The Balaban J connectivity index is 1.74. The molecule has 140 valence electrons. The summed E-state index contributed by atoms with van der Waals surface area (Å²) in [5.74, 6) is 0.102. The van der Waals surface area contributed by atoms with Crippen LogP contribution in [0.15, 0.2) is 46.1 Å². The second-order valence-corrected chi connectivity index (χ2v) is 7.08. The Morgan fingerprint density at radius 1 is 1.44 bits per heavy atom. The van der Waals surface area contributed by atoms with Crippen molar-refractivity contribution in [3.05, 3.63) is 64.2 Å². The molecular formula is C18H19N5O3Se. The molecule has 0 spiro atoms. The zero-order valence-electron chi connectivity index (χ0n) is 15.0. The molecule has 0 radical (unpaired) electrons. The number of oxazole rings is 1. The summed E-state index contributed by atoms with van der Waals surface area (Å²) >= 11 is 2.83. The molecule has 3 rings (SSSR count). The van der Waals surface area contributed by atoms with E-state index in [0.29, 0.717) is 23.6 Å². The second-order valence-electron chi connectivity index (χ2n) is 6.35. The van der Waals surface area contributed by atoms with E-state index in [9.17, 15) is 4.79 Å². The van der Waals surface area contributed by atoms with Gasteiger partial charge in [-0.2, -0.15) is 0 Å². The number of rotatable bonds is 6. The van der Waals surface area contributed by atoms with E-state index >= 15 is 0 Å². The monoisotopic (exact) mass is 433 g/mol. The predicted molar refractivity (Wildman–Crippen MR) is 100 cm³/mol. The van der Waals surface area contributed by atoms with Gasteiger partial charge < -0.3 is 5.53 Å². The number of ether oxygens (including phenoxy) is 1. The molecule has 0 bridgehead atoms. The van der Waals surface area contributed by atoms with Gasteiger partial charge in [-0.25, -0.2) is 0 Å². The van der Waals surface area contributed by atoms with E-state index < -0.39 is 0 Å². The van der Waals surface area contributed by atoms with Crippen LogP contribution in [-0.4, -0.2) is 48.7 Å². The van der Waals surface area contributed by atoms with Crippen molar-refractivity contribution in [1.29, 1.82) is 0 Å². The molecule has 27 heavy (non-hydrogen) atoms. The summed E-state index contributed by atoms with van der Waals surface area (Å²) in [5.41, 5.74) is 9.57. The summed E-state index contributed by atoms with van der Waals surface area (Å²) in [5, 5.41) is 3.51. The van der Waals surface area contributed by atoms with E-state index in [1.54, 1.807) is 4.90 Å². The minimum atomic E-state index is -0.285. The molecule has 0 N–H and O–H groups in total. The van der Waals surface area contributed by atoms with E-state index in [1.807, 2.05) is 44.2 Å². The summed E-state index contributed by atoms with van der Waals surface area (Å²) in [6, 6.07) is 9.57. The van der Waals surface area contributed by atoms with Crippen LogP contribution in [0.2, 0.25) is 0 Å². The first-order valence-electron chi connectivity index (χ1n) is 8.58. The molecule has 1 saturated heterocycles. The average molecular weight is 432 g/mol. The van der Waals surface area contributed by atoms with E-state index in [4.69, 9.17) is 14.7 Å². The number of nitrogens with zero attached hydrogens (tertiary/aromatic N) is 5. The van der Waals surface area contributed by atoms with Gasteiger partial charge in [0.15, 0.2) is 0 Å². The molecule has 1 aromatic carbocycles. The molecule has 1 aromatic heterocycles. The number of carbonyl (C=O) groups excluding carboxylic acids is 1. The Morgan fingerprint density at radius 2 is 2.19 bits per heavy atom. The molecule has 1 amide bonds. The van der Waals surface area contributed by atoms with Crippen molar-refractivity contribution in [2.45, 2.75) is 38.3 Å². The number of benzene rings is 1. The summed E-state index contributed by atoms with van der Waals surface area (Å²) in [7, 11) is 0. The molecule has 0 saturated carbocycles. The number of hydrogen-bond donors (Lipinski definition) is 0. The zero-order valence-corrected chi connectivity index (χ0v) is 16.7. The average Bonchev–Trinajstić information content (AvgIpc) is 3.27. The van der Waals surface area contributed by atoms with Crippen molar-refractivity contribution in [2.24, 2.45) is 5.11 Å². The number of aromatic nitrogens is 1. The van der Waals surface area contributed by atoms with E-state index in [2.05, 4.69) is 30.6 Å². The standard InChI is InChI=1S/C18H19N5O3Se/c1-11(8-9-20-22-19)16-21-14(10-25-16)17(24)23-12(2)15(26-18(23)27)13-6-4-3-5-7-13/h3-7,10-12,15H,8-9H2,1-2H3/t11?,12-,15-/m1/s1. The Morgan fingerprint density at radius 3 is 2.89 bits per heavy atom. The van der Waals surface area contributed by atoms with Gasteiger partial charge in [0.05, 0.1) is 0 Å². The van der Waals surface area contributed by atoms with Crippen LogP contribution < -0.4 is 0 Å². The van der Waals surface area contributed by atoms with Crippen molar-refractivity contribution >= 4 is 26.2 Å². The first-order chi connectivity index (χ1) is 13.0. The molecular weight excluding hydrogens is 413 g/mol. The van der Waals surface area contributed by atoms with Gasteiger partial charge in [-0.1, -0.05) is 0 Å². The molecule has 1 aliphatic rings. The van der Waals surface area contributed by atoms with Gasteiger partial charge in [-0.05, 0) is 0 Å². The SMILES string of the molecule is CC(CCN=[N+]=[N-])c1nc(C(=O)N2C(=[Se])O[C@@H](c3ccccc3)[C@H]2C)co1. The van der Waals surface area contributed by atoms with E-state index in [0.717, 1.165) is 5.56 Å². The van der Waals surface area contributed by atoms with Crippen molar-refractivity contribution in [3.8, 4) is 0 Å². The first-order valence-corrected chi connectivity index (χ1v) is 9.44. The molecule has 1 aliphatic heterocycles. The fourth-order valence-electron chi connectivity index (χ4n) is 2.98. The number of amides is 1. The minimum absolute atomic E-state index is 0.0574. The van der Waals surface area contributed by atoms with Gasteiger partial charge >= 0.3 is 159 Å². The van der Waals surface area contributed by atoms with Gasteiger partial charge in [-0.3, -0.25) is 0 Å². The Labute approximate surface area is 164 Å². The van der Waals surface area contributed by atoms with Crippen LogP contribution in [0.5, 0.6) is 0 Å². The van der Waals surface area contributed by atoms with Crippen LogP contribution in [0.25, 0.3) is 10.4 Å². The van der Waals surface area contributed by atoms with Gasteiger partial charge in [0.1, 0.15) is 0 Å². The van der Waals surface area contributed by atoms with E-state index in [-0.39, 0.29) is 29.7 Å². The normalized spacial score (nSPS) is 20.1. The van der Waals surface area contributed by atoms with Gasteiger partial charge in [-0.15, -0.1) is 0 Å². The van der Waals surface area contributed by atoms with Crippen molar-refractivity contribution in [3.63, 3.8) is 0 Å². The fourth-order valence-corrected chi connectivity index (χ4v) is 3.72. The second kappa shape index (κ2) is 8.39. The van der Waals surface area contributed by atoms with Crippen LogP contribution in [0.4, 0.5) is 0 Å². The third kappa shape index (κ3) is 4.06. The third-order valence-corrected chi connectivity index (χ3v) is 5.12. The summed E-state index contributed by atoms with van der Waals surface area (Å²) in [6.45, 7) is 4.19. The molecule has 2 heterocycles. The van der Waals surface area contributed by atoms with Crippen molar-refractivity contribution in [1.82, 2.24) is 9.88 Å². The van der Waals surface area contributed by atoms with Gasteiger partial charge in [0.25, 0.3) is 0 Å². The summed E-state index contributed by atoms with van der Waals surface area (Å²) in [4.78, 5) is 21.6. The Bertz CT molecular complexity index is 878. The first kappa shape index (κ1) is 19.2. The number of carbonyl (C=O) groups is 1. The maximum absolute atomic E-state index is 13.0. The summed E-state index contributed by atoms with van der Waals surface area (Å²) < 4.78 is 11.8. The van der Waals surface area contributed by atoms with Crippen LogP contribution in [0.1, 0.15) is 54.2 Å². The summed E-state index contributed by atoms with van der Waals surface area (Å²) in [6.07, 6.45) is 1.70. The molecule has 1 unspecified atom stereocenters. The van der Waals surface area contributed by atoms with Crippen LogP contribution in [-0.2, 0) is 4.74 Å². The Kier molecular flexibility index (Phi) is 5.96. The van der Waals surface area contributed by atoms with Crippen molar-refractivity contribution in [2.75, 3.05) is 6.54 Å². The zero-order chi connectivity index (χ0) is 19.4. The van der Waals surface area contributed by atoms with Crippen LogP contribution in [0.3, 0.4) is 0 Å². The molecule has 9 heteroatoms. The topological polar surface area (TPSA) is 104 Å². The predicted octanol–water partition coefficient (Wildman–Crippen LogP) is 3.34. The number of hydrogen-bond acceptors (Lipinski definition) is 5. The molecule has 2 aromatic rings. The Hall–Kier alpha value is -2.60. The van der Waals surface area contributed by atoms with E-state index in [1.165, 1.54) is 6.26 Å². The third-order valence-electron chi connectivity index (χ3n) is 4.50. The van der Waals surface area contributed by atoms with Gasteiger partial charge in [0, 0.05) is 0 Å². The molecule has 0 aliphatic carbocycles. The fraction of sp³-hybridized carbons (Fsp3) is 0.389. The van der Waals surface area contributed by atoms with Crippen molar-refractivity contribution < 1.29 is 13.9 Å². The van der Waals surface area contributed by atoms with Gasteiger partial charge in [0.2, 0.25) is 0 Å². The molecule has 1 fully saturated rings. The maximum atomic E-state index is 13.0. The van der Waals surface area contributed by atoms with Crippen LogP contribution in [0, 0.1) is 0 Å². The molecule has 3 atom stereocenters. The molecule has 8 nitrogen and oxygen atoms in total. The number of azide groups is 1. The quantitative estimate of drug-likeness (QED) is 0.302. The van der Waals surface area contributed by atoms with Crippen LogP contribution >= 0.6 is 0 Å².